The molecule has 0 saturated carbocycles. The molecular formula is C38H72N6O2. The van der Waals surface area contributed by atoms with Crippen LogP contribution in [0, 0.1) is 0 Å². The van der Waals surface area contributed by atoms with Crippen molar-refractivity contribution in [1.29, 1.82) is 0 Å². The number of carbonyl (C=O) groups is 2. The molecule has 4 fully saturated rings. The summed E-state index contributed by atoms with van der Waals surface area (Å²) in [7, 11) is 0. The lowest BCUT2D eigenvalue weighted by Crippen LogP contribution is -2.71. The molecule has 2 amide bonds. The van der Waals surface area contributed by atoms with Crippen molar-refractivity contribution in [3.05, 3.63) is 0 Å². The minimum Gasteiger partial charge on any atom is -0.328 e. The van der Waals surface area contributed by atoms with Crippen LogP contribution < -0.4 is 21.3 Å². The van der Waals surface area contributed by atoms with Crippen molar-refractivity contribution >= 4 is 11.8 Å². The van der Waals surface area contributed by atoms with Crippen LogP contribution in [0.3, 0.4) is 0 Å². The van der Waals surface area contributed by atoms with Crippen LogP contribution in [0.15, 0.2) is 0 Å². The van der Waals surface area contributed by atoms with Gasteiger partial charge in [-0.1, -0.05) is 0 Å². The first-order valence-corrected chi connectivity index (χ1v) is 18.2. The normalized spacial score (nSPS) is 30.3. The molecule has 46 heavy (non-hydrogen) atoms. The number of hydrogen-bond donors (Lipinski definition) is 4. The third kappa shape index (κ3) is 9.06. The van der Waals surface area contributed by atoms with Crippen LogP contribution in [0.4, 0.5) is 0 Å². The number of carbonyl (C=O) groups excluding carboxylic acids is 2. The van der Waals surface area contributed by atoms with Crippen LogP contribution in [0.2, 0.25) is 0 Å². The van der Waals surface area contributed by atoms with Crippen molar-refractivity contribution in [1.82, 2.24) is 31.1 Å². The van der Waals surface area contributed by atoms with Crippen LogP contribution in [-0.2, 0) is 9.59 Å². The molecule has 266 valence electrons. The van der Waals surface area contributed by atoms with Crippen molar-refractivity contribution in [3.8, 4) is 0 Å². The zero-order valence-electron chi connectivity index (χ0n) is 32.7. The minimum absolute atomic E-state index is 0.0268. The van der Waals surface area contributed by atoms with Crippen LogP contribution >= 0.6 is 0 Å². The highest BCUT2D eigenvalue weighted by atomic mass is 16.2. The lowest BCUT2D eigenvalue weighted by atomic mass is 9.74. The number of rotatable bonds is 4. The maximum atomic E-state index is 15.3. The van der Waals surface area contributed by atoms with Gasteiger partial charge in [0.05, 0.1) is 0 Å². The summed E-state index contributed by atoms with van der Waals surface area (Å²) in [5.41, 5.74) is -1.24. The van der Waals surface area contributed by atoms with Crippen LogP contribution in [0.1, 0.15) is 162 Å². The number of nitrogens with one attached hydrogen (secondary N) is 4. The van der Waals surface area contributed by atoms with Crippen molar-refractivity contribution in [2.45, 2.75) is 231 Å². The van der Waals surface area contributed by atoms with Crippen molar-refractivity contribution < 1.29 is 9.59 Å². The van der Waals surface area contributed by atoms with Gasteiger partial charge in [0.2, 0.25) is 0 Å². The van der Waals surface area contributed by atoms with E-state index in [-0.39, 0.29) is 80.3 Å². The summed E-state index contributed by atoms with van der Waals surface area (Å²) in [4.78, 5) is 34.9. The molecule has 0 aromatic heterocycles. The highest BCUT2D eigenvalue weighted by molar-refractivity contribution is 6.35. The SMILES string of the molecule is CC1(C)CC(N(C(=O)C(=O)N(C2CC(C)(C)NC(C)(C)C2)C2CC(C)(C)NC(C)(C)C2)C2CC(C)(C)NC(C)(C)C2)CC(C)(C)N1. The molecule has 0 radical (unpaired) electrons. The Morgan fingerprint density at radius 1 is 0.348 bits per heavy atom. The lowest BCUT2D eigenvalue weighted by Gasteiger charge is -2.57. The Kier molecular flexibility index (Phi) is 9.56. The quantitative estimate of drug-likeness (QED) is 0.286. The van der Waals surface area contributed by atoms with Gasteiger partial charge in [-0.2, -0.15) is 0 Å². The van der Waals surface area contributed by atoms with E-state index in [0.29, 0.717) is 0 Å². The average Bonchev–Trinajstić information content (AvgIpc) is 2.70. The predicted molar refractivity (Wildman–Crippen MR) is 191 cm³/mol. The van der Waals surface area contributed by atoms with Crippen molar-refractivity contribution in [2.75, 3.05) is 0 Å². The van der Waals surface area contributed by atoms with E-state index >= 15 is 9.59 Å². The van der Waals surface area contributed by atoms with E-state index in [4.69, 9.17) is 0 Å². The second-order valence-electron chi connectivity index (χ2n) is 21.2. The Labute approximate surface area is 282 Å². The minimum atomic E-state index is -0.291. The Hall–Kier alpha value is -1.22. The molecule has 4 rings (SSSR count). The molecule has 4 saturated heterocycles. The molecule has 4 aliphatic heterocycles. The number of nitrogens with zero attached hydrogens (tertiary/aromatic N) is 2. The molecule has 8 nitrogen and oxygen atoms in total. The van der Waals surface area contributed by atoms with Gasteiger partial charge in [0.25, 0.3) is 0 Å². The Balaban J connectivity index is 1.82. The van der Waals surface area contributed by atoms with Gasteiger partial charge in [-0.05, 0) is 162 Å². The summed E-state index contributed by atoms with van der Waals surface area (Å²) in [5, 5.41) is 15.3. The largest absolute Gasteiger partial charge is 0.328 e. The van der Waals surface area contributed by atoms with E-state index in [1.54, 1.807) is 0 Å². The lowest BCUT2D eigenvalue weighted by molar-refractivity contribution is -0.163. The summed E-state index contributed by atoms with van der Waals surface area (Å²) in [6.07, 6.45) is 6.56. The molecule has 8 heteroatoms. The smallest absolute Gasteiger partial charge is 0.312 e. The zero-order valence-corrected chi connectivity index (χ0v) is 32.7. The van der Waals surface area contributed by atoms with Gasteiger partial charge in [-0.3, -0.25) is 9.59 Å². The van der Waals surface area contributed by atoms with Crippen LogP contribution in [0.5, 0.6) is 0 Å². The standard InChI is InChI=1S/C38H72N6O2/c1-31(2)17-25(18-32(3,4)39-31)43(26-19-33(5,6)40-34(7,8)20-26)29(45)30(46)44(27-21-35(9,10)41-36(11,12)22-27)28-23-37(13,14)42-38(15,16)24-28/h25-28,39-42H,17-24H2,1-16H3. The Morgan fingerprint density at radius 3 is 0.609 bits per heavy atom. The summed E-state index contributed by atoms with van der Waals surface area (Å²) >= 11 is 0. The topological polar surface area (TPSA) is 88.7 Å². The molecule has 0 aliphatic carbocycles. The van der Waals surface area contributed by atoms with E-state index in [2.05, 4.69) is 142 Å². The van der Waals surface area contributed by atoms with E-state index in [1.165, 1.54) is 0 Å². The highest BCUT2D eigenvalue weighted by Gasteiger charge is 2.52. The van der Waals surface area contributed by atoms with Gasteiger partial charge in [-0.15, -0.1) is 0 Å². The van der Waals surface area contributed by atoms with Gasteiger partial charge in [0.15, 0.2) is 0 Å². The molecule has 4 N–H and O–H groups in total. The first kappa shape index (κ1) is 37.6. The Morgan fingerprint density at radius 2 is 0.478 bits per heavy atom. The first-order chi connectivity index (χ1) is 20.4. The van der Waals surface area contributed by atoms with Crippen molar-refractivity contribution in [2.24, 2.45) is 0 Å². The molecule has 0 spiro atoms. The van der Waals surface area contributed by atoms with Gasteiger partial charge >= 0.3 is 11.8 Å². The molecule has 0 unspecified atom stereocenters. The number of hydrogen-bond acceptors (Lipinski definition) is 6. The van der Waals surface area contributed by atoms with E-state index < -0.39 is 0 Å². The van der Waals surface area contributed by atoms with Gasteiger partial charge in [0.1, 0.15) is 0 Å². The summed E-state index contributed by atoms with van der Waals surface area (Å²) < 4.78 is 0. The fourth-order valence-electron chi connectivity index (χ4n) is 11.3. The van der Waals surface area contributed by atoms with Crippen LogP contribution in [0.25, 0.3) is 0 Å². The molecule has 4 heterocycles. The molecule has 0 aromatic rings. The van der Waals surface area contributed by atoms with E-state index in [0.717, 1.165) is 51.4 Å². The number of amides is 2. The van der Waals surface area contributed by atoms with Gasteiger partial charge in [-0.25, -0.2) is 0 Å². The predicted octanol–water partition coefficient (Wildman–Crippen LogP) is 5.88. The molecule has 4 aliphatic rings. The fraction of sp³-hybridized carbons (Fsp3) is 0.947. The maximum absolute atomic E-state index is 15.3. The summed E-state index contributed by atoms with van der Waals surface area (Å²) in [6, 6.07) is -0.107. The fourth-order valence-corrected chi connectivity index (χ4v) is 11.3. The summed E-state index contributed by atoms with van der Waals surface area (Å²) in [6.45, 7) is 35.9. The second-order valence-corrected chi connectivity index (χ2v) is 21.2. The summed E-state index contributed by atoms with van der Waals surface area (Å²) in [5.74, 6) is -0.583. The monoisotopic (exact) mass is 645 g/mol. The second kappa shape index (κ2) is 11.7. The molecule has 0 bridgehead atoms. The Bertz CT molecular complexity index is 936. The van der Waals surface area contributed by atoms with Crippen molar-refractivity contribution in [3.63, 3.8) is 0 Å². The third-order valence-corrected chi connectivity index (χ3v) is 10.9. The van der Waals surface area contributed by atoms with Gasteiger partial charge in [0, 0.05) is 68.5 Å². The average molecular weight is 645 g/mol. The number of piperidine rings is 4. The first-order valence-electron chi connectivity index (χ1n) is 18.2. The maximum Gasteiger partial charge on any atom is 0.312 e. The molecule has 0 atom stereocenters. The van der Waals surface area contributed by atoms with E-state index in [1.807, 2.05) is 0 Å². The molecule has 0 aromatic carbocycles. The van der Waals surface area contributed by atoms with Crippen LogP contribution in [-0.4, -0.2) is 90.1 Å². The van der Waals surface area contributed by atoms with E-state index in [9.17, 15) is 0 Å². The van der Waals surface area contributed by atoms with Gasteiger partial charge < -0.3 is 31.1 Å². The third-order valence-electron chi connectivity index (χ3n) is 10.9. The molecular weight excluding hydrogens is 572 g/mol. The zero-order chi connectivity index (χ0) is 35.1. The highest BCUT2D eigenvalue weighted by Crippen LogP contribution is 2.41.